The Kier molecular flexibility index (Phi) is 6.15. The summed E-state index contributed by atoms with van der Waals surface area (Å²) < 4.78 is 5.50. The monoisotopic (exact) mass is 200 g/mol. The molecule has 0 aliphatic heterocycles. The van der Waals surface area contributed by atoms with Crippen LogP contribution in [0.5, 0.6) is 0 Å². The zero-order chi connectivity index (χ0) is 10.2. The molecule has 0 aromatic heterocycles. The first-order valence-corrected chi connectivity index (χ1v) is 5.90. The minimum Gasteiger partial charge on any atom is -0.380 e. The highest BCUT2D eigenvalue weighted by atomic mass is 16.5. The van der Waals surface area contributed by atoms with Gasteiger partial charge in [0.2, 0.25) is 0 Å². The van der Waals surface area contributed by atoms with Crippen molar-refractivity contribution in [3.63, 3.8) is 0 Å². The summed E-state index contributed by atoms with van der Waals surface area (Å²) in [6.45, 7) is 3.74. The molecule has 1 aliphatic rings. The number of ether oxygens (including phenoxy) is 1. The van der Waals surface area contributed by atoms with E-state index in [0.717, 1.165) is 25.6 Å². The van der Waals surface area contributed by atoms with Crippen molar-refractivity contribution in [3.05, 3.63) is 0 Å². The molecule has 84 valence electrons. The zero-order valence-electron chi connectivity index (χ0n) is 9.30. The summed E-state index contributed by atoms with van der Waals surface area (Å²) in [7, 11) is 0. The fraction of sp³-hybridized carbons (Fsp3) is 1.00. The first-order valence-electron chi connectivity index (χ1n) is 5.90. The lowest BCUT2D eigenvalue weighted by Gasteiger charge is -2.19. The fourth-order valence-electron chi connectivity index (χ4n) is 2.20. The fourth-order valence-corrected chi connectivity index (χ4v) is 2.20. The summed E-state index contributed by atoms with van der Waals surface area (Å²) in [5, 5.41) is 0. The third kappa shape index (κ3) is 4.40. The molecule has 1 unspecified atom stereocenters. The number of rotatable bonds is 7. The van der Waals surface area contributed by atoms with E-state index in [9.17, 15) is 0 Å². The van der Waals surface area contributed by atoms with Crippen LogP contribution in [-0.2, 0) is 4.74 Å². The predicted molar refractivity (Wildman–Crippen MR) is 58.8 cm³/mol. The molecular formula is C11H24N2O. The molecular weight excluding hydrogens is 176 g/mol. The summed E-state index contributed by atoms with van der Waals surface area (Å²) in [6.07, 6.45) is 7.83. The summed E-state index contributed by atoms with van der Waals surface area (Å²) in [6, 6.07) is 0.352. The molecule has 0 heterocycles. The SMILES string of the molecule is CCCOCC(CC1CCCC1)NN. The van der Waals surface area contributed by atoms with Crippen molar-refractivity contribution in [2.45, 2.75) is 51.5 Å². The Morgan fingerprint density at radius 2 is 2.14 bits per heavy atom. The van der Waals surface area contributed by atoms with Crippen molar-refractivity contribution in [1.29, 1.82) is 0 Å². The Labute approximate surface area is 87.4 Å². The van der Waals surface area contributed by atoms with Crippen LogP contribution in [0.3, 0.4) is 0 Å². The Balaban J connectivity index is 2.10. The number of nitrogens with one attached hydrogen (secondary N) is 1. The van der Waals surface area contributed by atoms with Crippen molar-refractivity contribution in [3.8, 4) is 0 Å². The van der Waals surface area contributed by atoms with E-state index in [1.807, 2.05) is 0 Å². The average molecular weight is 200 g/mol. The molecule has 1 rings (SSSR count). The van der Waals surface area contributed by atoms with Gasteiger partial charge in [-0.2, -0.15) is 0 Å². The lowest BCUT2D eigenvalue weighted by Crippen LogP contribution is -2.40. The number of nitrogens with two attached hydrogens (primary N) is 1. The first-order chi connectivity index (χ1) is 6.86. The maximum absolute atomic E-state index is 5.50. The van der Waals surface area contributed by atoms with E-state index in [1.165, 1.54) is 32.1 Å². The summed E-state index contributed by atoms with van der Waals surface area (Å²) in [5.41, 5.74) is 2.86. The van der Waals surface area contributed by atoms with Gasteiger partial charge in [0.25, 0.3) is 0 Å². The van der Waals surface area contributed by atoms with Gasteiger partial charge in [0, 0.05) is 12.6 Å². The molecule has 0 aromatic carbocycles. The van der Waals surface area contributed by atoms with Crippen molar-refractivity contribution < 1.29 is 4.74 Å². The molecule has 3 N–H and O–H groups in total. The second kappa shape index (κ2) is 7.21. The topological polar surface area (TPSA) is 47.3 Å². The van der Waals surface area contributed by atoms with Gasteiger partial charge < -0.3 is 4.74 Å². The third-order valence-corrected chi connectivity index (χ3v) is 3.00. The second-order valence-corrected chi connectivity index (χ2v) is 4.32. The van der Waals surface area contributed by atoms with Crippen LogP contribution >= 0.6 is 0 Å². The molecule has 1 fully saturated rings. The van der Waals surface area contributed by atoms with Crippen molar-refractivity contribution >= 4 is 0 Å². The molecule has 0 aromatic rings. The van der Waals surface area contributed by atoms with Crippen LogP contribution in [0, 0.1) is 5.92 Å². The molecule has 3 nitrogen and oxygen atoms in total. The highest BCUT2D eigenvalue weighted by Gasteiger charge is 2.19. The second-order valence-electron chi connectivity index (χ2n) is 4.32. The third-order valence-electron chi connectivity index (χ3n) is 3.00. The van der Waals surface area contributed by atoms with E-state index in [0.29, 0.717) is 6.04 Å². The van der Waals surface area contributed by atoms with Crippen LogP contribution < -0.4 is 11.3 Å². The van der Waals surface area contributed by atoms with Crippen LogP contribution in [-0.4, -0.2) is 19.3 Å². The van der Waals surface area contributed by atoms with E-state index < -0.39 is 0 Å². The van der Waals surface area contributed by atoms with Crippen LogP contribution in [0.15, 0.2) is 0 Å². The largest absolute Gasteiger partial charge is 0.380 e. The van der Waals surface area contributed by atoms with Gasteiger partial charge in [0.15, 0.2) is 0 Å². The van der Waals surface area contributed by atoms with Crippen LogP contribution in [0.2, 0.25) is 0 Å². The highest BCUT2D eigenvalue weighted by Crippen LogP contribution is 2.28. The van der Waals surface area contributed by atoms with Crippen LogP contribution in [0.4, 0.5) is 0 Å². The van der Waals surface area contributed by atoms with Gasteiger partial charge in [-0.25, -0.2) is 0 Å². The van der Waals surface area contributed by atoms with E-state index >= 15 is 0 Å². The Morgan fingerprint density at radius 1 is 1.43 bits per heavy atom. The zero-order valence-corrected chi connectivity index (χ0v) is 9.30. The molecule has 3 heteroatoms. The van der Waals surface area contributed by atoms with Crippen LogP contribution in [0.25, 0.3) is 0 Å². The molecule has 14 heavy (non-hydrogen) atoms. The van der Waals surface area contributed by atoms with Gasteiger partial charge in [0.05, 0.1) is 6.61 Å². The van der Waals surface area contributed by atoms with E-state index in [-0.39, 0.29) is 0 Å². The summed E-state index contributed by atoms with van der Waals surface area (Å²) >= 11 is 0. The molecule has 0 radical (unpaired) electrons. The molecule has 1 aliphatic carbocycles. The normalized spacial score (nSPS) is 20.1. The van der Waals surface area contributed by atoms with Crippen LogP contribution in [0.1, 0.15) is 45.4 Å². The van der Waals surface area contributed by atoms with Gasteiger partial charge in [-0.15, -0.1) is 0 Å². The lowest BCUT2D eigenvalue weighted by atomic mass is 9.99. The number of hydrogen-bond acceptors (Lipinski definition) is 3. The number of hydrogen-bond donors (Lipinski definition) is 2. The lowest BCUT2D eigenvalue weighted by molar-refractivity contribution is 0.104. The summed E-state index contributed by atoms with van der Waals surface area (Å²) in [4.78, 5) is 0. The van der Waals surface area contributed by atoms with Gasteiger partial charge >= 0.3 is 0 Å². The summed E-state index contributed by atoms with van der Waals surface area (Å²) in [5.74, 6) is 6.38. The van der Waals surface area contributed by atoms with Gasteiger partial charge in [0.1, 0.15) is 0 Å². The van der Waals surface area contributed by atoms with E-state index in [1.54, 1.807) is 0 Å². The Hall–Kier alpha value is -0.120. The molecule has 0 saturated heterocycles. The molecule has 1 saturated carbocycles. The highest BCUT2D eigenvalue weighted by molar-refractivity contribution is 4.74. The molecule has 0 bridgehead atoms. The van der Waals surface area contributed by atoms with Crippen molar-refractivity contribution in [1.82, 2.24) is 5.43 Å². The quantitative estimate of drug-likeness (QED) is 0.374. The maximum Gasteiger partial charge on any atom is 0.0633 e. The Bertz CT molecular complexity index is 135. The standard InChI is InChI=1S/C11H24N2O/c1-2-7-14-9-11(13-12)8-10-5-3-4-6-10/h10-11,13H,2-9,12H2,1H3. The minimum absolute atomic E-state index is 0.352. The molecule has 0 amide bonds. The van der Waals surface area contributed by atoms with Gasteiger partial charge in [-0.3, -0.25) is 11.3 Å². The molecule has 0 spiro atoms. The average Bonchev–Trinajstić information content (AvgIpc) is 2.69. The van der Waals surface area contributed by atoms with Gasteiger partial charge in [-0.05, 0) is 18.8 Å². The number of hydrazine groups is 1. The Morgan fingerprint density at radius 3 is 2.71 bits per heavy atom. The maximum atomic E-state index is 5.50. The minimum atomic E-state index is 0.352. The molecule has 1 atom stereocenters. The van der Waals surface area contributed by atoms with E-state index in [4.69, 9.17) is 10.6 Å². The van der Waals surface area contributed by atoms with Crippen molar-refractivity contribution in [2.75, 3.05) is 13.2 Å². The van der Waals surface area contributed by atoms with Crippen molar-refractivity contribution in [2.24, 2.45) is 11.8 Å². The smallest absolute Gasteiger partial charge is 0.0633 e. The first kappa shape index (κ1) is 12.0. The van der Waals surface area contributed by atoms with E-state index in [2.05, 4.69) is 12.3 Å². The predicted octanol–water partition coefficient (Wildman–Crippen LogP) is 1.83. The van der Waals surface area contributed by atoms with Gasteiger partial charge in [-0.1, -0.05) is 32.6 Å².